The Hall–Kier alpha value is -3.42. The number of carbonyl (C=O) groups excluding carboxylic acids is 3. The van der Waals surface area contributed by atoms with Crippen LogP contribution < -0.4 is 16.0 Å². The molecule has 0 fully saturated rings. The number of rotatable bonds is 7. The van der Waals surface area contributed by atoms with Crippen LogP contribution in [-0.2, 0) is 16.0 Å². The summed E-state index contributed by atoms with van der Waals surface area (Å²) in [4.78, 5) is 35.8. The van der Waals surface area contributed by atoms with Crippen molar-refractivity contribution in [2.45, 2.75) is 32.8 Å². The minimum absolute atomic E-state index is 0.0673. The lowest BCUT2D eigenvalue weighted by Crippen LogP contribution is -2.35. The predicted octanol–water partition coefficient (Wildman–Crippen LogP) is 3.26. The molecule has 0 radical (unpaired) electrons. The number of anilines is 1. The molecule has 0 bridgehead atoms. The van der Waals surface area contributed by atoms with E-state index in [0.717, 1.165) is 0 Å². The highest BCUT2D eigenvalue weighted by Gasteiger charge is 2.16. The molecule has 30 heavy (non-hydrogen) atoms. The fraction of sp³-hybridized carbons (Fsp3) is 0.318. The first-order chi connectivity index (χ1) is 14.1. The van der Waals surface area contributed by atoms with Crippen LogP contribution in [-0.4, -0.2) is 36.6 Å². The smallest absolute Gasteiger partial charge is 0.412 e. The Morgan fingerprint density at radius 1 is 0.967 bits per heavy atom. The summed E-state index contributed by atoms with van der Waals surface area (Å²) in [6, 6.07) is 12.2. The minimum atomic E-state index is -0.601. The van der Waals surface area contributed by atoms with E-state index in [4.69, 9.17) is 4.74 Å². The van der Waals surface area contributed by atoms with Crippen molar-refractivity contribution in [1.82, 2.24) is 10.6 Å². The third-order valence-corrected chi connectivity index (χ3v) is 3.78. The number of carbonyl (C=O) groups is 3. The van der Waals surface area contributed by atoms with Crippen LogP contribution in [0, 0.1) is 5.82 Å². The predicted molar refractivity (Wildman–Crippen MR) is 112 cm³/mol. The SMILES string of the molecule is CC(C)(C)OC(=O)Nc1ccc(C(=O)NCCNC(=O)Cc2cccc(F)c2)cc1. The molecule has 3 amide bonds. The van der Waals surface area contributed by atoms with Gasteiger partial charge < -0.3 is 15.4 Å². The van der Waals surface area contributed by atoms with E-state index in [9.17, 15) is 18.8 Å². The normalized spacial score (nSPS) is 10.8. The average molecular weight is 415 g/mol. The molecule has 0 unspecified atom stereocenters. The van der Waals surface area contributed by atoms with Gasteiger partial charge >= 0.3 is 6.09 Å². The Bertz CT molecular complexity index is 892. The van der Waals surface area contributed by atoms with Gasteiger partial charge in [-0.05, 0) is 62.7 Å². The Balaban J connectivity index is 1.72. The Labute approximate surface area is 175 Å². The first-order valence-corrected chi connectivity index (χ1v) is 9.52. The van der Waals surface area contributed by atoms with Crippen LogP contribution in [0.2, 0.25) is 0 Å². The van der Waals surface area contributed by atoms with Gasteiger partial charge in [-0.1, -0.05) is 12.1 Å². The molecular formula is C22H26FN3O4. The summed E-state index contributed by atoms with van der Waals surface area (Å²) in [5.41, 5.74) is 0.897. The topological polar surface area (TPSA) is 96.5 Å². The van der Waals surface area contributed by atoms with E-state index in [-0.39, 0.29) is 37.1 Å². The van der Waals surface area contributed by atoms with Gasteiger partial charge in [0, 0.05) is 24.3 Å². The van der Waals surface area contributed by atoms with Crippen LogP contribution in [0.4, 0.5) is 14.9 Å². The van der Waals surface area contributed by atoms with E-state index >= 15 is 0 Å². The van der Waals surface area contributed by atoms with Crippen molar-refractivity contribution in [3.8, 4) is 0 Å². The molecule has 0 heterocycles. The number of amides is 3. The van der Waals surface area contributed by atoms with Crippen molar-refractivity contribution in [2.24, 2.45) is 0 Å². The highest BCUT2D eigenvalue weighted by molar-refractivity contribution is 5.95. The van der Waals surface area contributed by atoms with Crippen LogP contribution in [0.5, 0.6) is 0 Å². The number of hydrogen-bond donors (Lipinski definition) is 3. The number of benzene rings is 2. The zero-order valence-corrected chi connectivity index (χ0v) is 17.3. The van der Waals surface area contributed by atoms with Crippen molar-refractivity contribution < 1.29 is 23.5 Å². The second-order valence-corrected chi connectivity index (χ2v) is 7.62. The first-order valence-electron chi connectivity index (χ1n) is 9.52. The molecule has 0 aromatic heterocycles. The molecule has 8 heteroatoms. The van der Waals surface area contributed by atoms with Gasteiger partial charge in [-0.3, -0.25) is 14.9 Å². The van der Waals surface area contributed by atoms with Crippen molar-refractivity contribution in [3.63, 3.8) is 0 Å². The second kappa shape index (κ2) is 10.4. The third-order valence-electron chi connectivity index (χ3n) is 3.78. The summed E-state index contributed by atoms with van der Waals surface area (Å²) in [7, 11) is 0. The van der Waals surface area contributed by atoms with E-state index in [1.165, 1.54) is 12.1 Å². The van der Waals surface area contributed by atoms with Crippen molar-refractivity contribution >= 4 is 23.6 Å². The first kappa shape index (κ1) is 22.9. The average Bonchev–Trinajstić information content (AvgIpc) is 2.64. The highest BCUT2D eigenvalue weighted by Crippen LogP contribution is 2.13. The highest BCUT2D eigenvalue weighted by atomic mass is 19.1. The van der Waals surface area contributed by atoms with Crippen molar-refractivity contribution in [3.05, 3.63) is 65.5 Å². The number of ether oxygens (including phenoxy) is 1. The Kier molecular flexibility index (Phi) is 7.91. The van der Waals surface area contributed by atoms with E-state index in [1.807, 2.05) is 0 Å². The molecule has 0 saturated heterocycles. The van der Waals surface area contributed by atoms with Gasteiger partial charge in [0.1, 0.15) is 11.4 Å². The maximum atomic E-state index is 13.1. The summed E-state index contributed by atoms with van der Waals surface area (Å²) < 4.78 is 18.3. The lowest BCUT2D eigenvalue weighted by Gasteiger charge is -2.19. The maximum absolute atomic E-state index is 13.1. The van der Waals surface area contributed by atoms with E-state index < -0.39 is 11.7 Å². The van der Waals surface area contributed by atoms with Gasteiger partial charge in [0.25, 0.3) is 5.91 Å². The summed E-state index contributed by atoms with van der Waals surface area (Å²) in [6.45, 7) is 5.79. The lowest BCUT2D eigenvalue weighted by atomic mass is 10.1. The van der Waals surface area contributed by atoms with E-state index in [1.54, 1.807) is 57.2 Å². The fourth-order valence-corrected chi connectivity index (χ4v) is 2.50. The van der Waals surface area contributed by atoms with E-state index in [2.05, 4.69) is 16.0 Å². The maximum Gasteiger partial charge on any atom is 0.412 e. The molecule has 0 aliphatic carbocycles. The molecule has 0 aliphatic rings. The van der Waals surface area contributed by atoms with Crippen molar-refractivity contribution in [1.29, 1.82) is 0 Å². The molecule has 160 valence electrons. The number of hydrogen-bond acceptors (Lipinski definition) is 4. The molecule has 0 atom stereocenters. The summed E-state index contributed by atoms with van der Waals surface area (Å²) in [6.07, 6.45) is -0.508. The van der Waals surface area contributed by atoms with E-state index in [0.29, 0.717) is 16.8 Å². The number of halogens is 1. The quantitative estimate of drug-likeness (QED) is 0.605. The third kappa shape index (κ3) is 8.30. The number of nitrogens with one attached hydrogen (secondary N) is 3. The molecule has 7 nitrogen and oxygen atoms in total. The standard InChI is InChI=1S/C22H26FN3O4/c1-22(2,3)30-21(29)26-18-9-7-16(8-10-18)20(28)25-12-11-24-19(27)14-15-5-4-6-17(23)13-15/h4-10,13H,11-12,14H2,1-3H3,(H,24,27)(H,25,28)(H,26,29). The van der Waals surface area contributed by atoms with Crippen LogP contribution in [0.25, 0.3) is 0 Å². The molecular weight excluding hydrogens is 389 g/mol. The molecule has 0 aliphatic heterocycles. The molecule has 2 rings (SSSR count). The van der Waals surface area contributed by atoms with Crippen LogP contribution in [0.3, 0.4) is 0 Å². The largest absolute Gasteiger partial charge is 0.444 e. The second-order valence-electron chi connectivity index (χ2n) is 7.62. The summed E-state index contributed by atoms with van der Waals surface area (Å²) >= 11 is 0. The van der Waals surface area contributed by atoms with Gasteiger partial charge in [0.2, 0.25) is 5.91 Å². The van der Waals surface area contributed by atoms with Gasteiger partial charge in [-0.2, -0.15) is 0 Å². The molecule has 2 aromatic carbocycles. The zero-order chi connectivity index (χ0) is 22.1. The van der Waals surface area contributed by atoms with Crippen LogP contribution in [0.15, 0.2) is 48.5 Å². The molecule has 0 spiro atoms. The van der Waals surface area contributed by atoms with Gasteiger partial charge in [-0.15, -0.1) is 0 Å². The van der Waals surface area contributed by atoms with Gasteiger partial charge in [0.15, 0.2) is 0 Å². The summed E-state index contributed by atoms with van der Waals surface area (Å²) in [5, 5.41) is 7.95. The van der Waals surface area contributed by atoms with Crippen LogP contribution in [0.1, 0.15) is 36.7 Å². The lowest BCUT2D eigenvalue weighted by molar-refractivity contribution is -0.120. The molecule has 2 aromatic rings. The monoisotopic (exact) mass is 415 g/mol. The molecule has 3 N–H and O–H groups in total. The van der Waals surface area contributed by atoms with Gasteiger partial charge in [-0.25, -0.2) is 9.18 Å². The van der Waals surface area contributed by atoms with Crippen LogP contribution >= 0.6 is 0 Å². The Morgan fingerprint density at radius 3 is 2.27 bits per heavy atom. The van der Waals surface area contributed by atoms with Crippen molar-refractivity contribution in [2.75, 3.05) is 18.4 Å². The zero-order valence-electron chi connectivity index (χ0n) is 17.3. The summed E-state index contributed by atoms with van der Waals surface area (Å²) in [5.74, 6) is -0.953. The fourth-order valence-electron chi connectivity index (χ4n) is 2.50. The molecule has 0 saturated carbocycles. The Morgan fingerprint density at radius 2 is 1.63 bits per heavy atom. The van der Waals surface area contributed by atoms with Gasteiger partial charge in [0.05, 0.1) is 6.42 Å². The minimum Gasteiger partial charge on any atom is -0.444 e.